The summed E-state index contributed by atoms with van der Waals surface area (Å²) in [6.45, 7) is 4.91. The van der Waals surface area contributed by atoms with Crippen LogP contribution in [0.2, 0.25) is 0 Å². The summed E-state index contributed by atoms with van der Waals surface area (Å²) in [5, 5.41) is 11.9. The number of allylic oxidation sites excluding steroid dienone is 7. The Bertz CT molecular complexity index is 1020. The average Bonchev–Trinajstić information content (AvgIpc) is 3.18. The molecule has 0 fully saturated rings. The number of ether oxygens (including phenoxy) is 1. The van der Waals surface area contributed by atoms with E-state index in [4.69, 9.17) is 10.5 Å². The second kappa shape index (κ2) is 43.5. The van der Waals surface area contributed by atoms with Crippen LogP contribution in [0.4, 0.5) is 0 Å². The van der Waals surface area contributed by atoms with E-state index in [-0.39, 0.29) is 18.0 Å². The molecule has 0 aliphatic carbocycles. The van der Waals surface area contributed by atoms with E-state index in [0.717, 1.165) is 70.6 Å². The predicted octanol–water partition coefficient (Wildman–Crippen LogP) is 13.6. The second-order valence-corrected chi connectivity index (χ2v) is 15.8. The second-order valence-electron chi connectivity index (χ2n) is 15.8. The Kier molecular flexibility index (Phi) is 41.4. The van der Waals surface area contributed by atoms with E-state index in [2.05, 4.69) is 67.8 Å². The average molecular weight is 785 g/mol. The van der Waals surface area contributed by atoms with Crippen molar-refractivity contribution in [2.75, 3.05) is 6.54 Å². The van der Waals surface area contributed by atoms with Gasteiger partial charge < -0.3 is 20.9 Å². The number of carbonyl (C=O) groups excluding carboxylic acids is 2. The van der Waals surface area contributed by atoms with E-state index in [0.29, 0.717) is 32.2 Å². The molecule has 7 heteroatoms. The predicted molar refractivity (Wildman–Crippen MR) is 239 cm³/mol. The van der Waals surface area contributed by atoms with E-state index in [9.17, 15) is 19.5 Å². The summed E-state index contributed by atoms with van der Waals surface area (Å²) in [6.07, 6.45) is 53.2. The standard InChI is InChI=1S/C49H88N2O5/c1-3-5-7-9-11-13-15-16-17-18-19-20-21-22-24-26-28-33-37-43-48(53)56-45(39-34-30-27-25-23-14-12-10-8-6-4-2)40-35-31-29-32-36-42-47(52)51-46(49(54)55)41-38-44-50/h12,14,16-17,25,27,34,39,45-46H,3-11,13,15,18-24,26,28-33,35-38,40-44,50H2,1-2H3,(H,51,52)(H,54,55)/b14-12-,17-16-,27-25-,39-34-. The first kappa shape index (κ1) is 53.3. The van der Waals surface area contributed by atoms with Crippen molar-refractivity contribution in [1.29, 1.82) is 0 Å². The summed E-state index contributed by atoms with van der Waals surface area (Å²) < 4.78 is 5.95. The Morgan fingerprint density at radius 2 is 0.982 bits per heavy atom. The number of hydrogen-bond donors (Lipinski definition) is 3. The minimum Gasteiger partial charge on any atom is -0.480 e. The van der Waals surface area contributed by atoms with Gasteiger partial charge in [0.25, 0.3) is 0 Å². The number of amides is 1. The van der Waals surface area contributed by atoms with E-state index in [1.54, 1.807) is 0 Å². The molecule has 0 aliphatic rings. The molecule has 0 saturated carbocycles. The SMILES string of the molecule is CCCCC/C=C\C/C=C\C/C=C\C(CCCCCCCC(=O)NC(CCCN)C(=O)O)OC(=O)CCCCCCCCCCC/C=C\CCCCCCCC. The maximum absolute atomic E-state index is 12.8. The lowest BCUT2D eigenvalue weighted by Gasteiger charge is -2.15. The van der Waals surface area contributed by atoms with Gasteiger partial charge in [-0.3, -0.25) is 9.59 Å². The van der Waals surface area contributed by atoms with Crippen molar-refractivity contribution in [3.63, 3.8) is 0 Å². The van der Waals surface area contributed by atoms with Crippen molar-refractivity contribution in [3.05, 3.63) is 48.6 Å². The van der Waals surface area contributed by atoms with Crippen molar-refractivity contribution < 1.29 is 24.2 Å². The highest BCUT2D eigenvalue weighted by molar-refractivity contribution is 5.83. The summed E-state index contributed by atoms with van der Waals surface area (Å²) in [4.78, 5) is 36.4. The zero-order chi connectivity index (χ0) is 41.0. The zero-order valence-corrected chi connectivity index (χ0v) is 36.5. The number of aliphatic carboxylic acids is 1. The van der Waals surface area contributed by atoms with Gasteiger partial charge in [-0.05, 0) is 103 Å². The van der Waals surface area contributed by atoms with Crippen LogP contribution in [0, 0.1) is 0 Å². The highest BCUT2D eigenvalue weighted by Crippen LogP contribution is 2.16. The monoisotopic (exact) mass is 785 g/mol. The molecule has 0 heterocycles. The molecule has 0 aromatic heterocycles. The van der Waals surface area contributed by atoms with Crippen LogP contribution in [0.25, 0.3) is 0 Å². The van der Waals surface area contributed by atoms with Crippen molar-refractivity contribution in [2.24, 2.45) is 5.73 Å². The van der Waals surface area contributed by atoms with E-state index in [1.165, 1.54) is 116 Å². The minimum atomic E-state index is -1.01. The third kappa shape index (κ3) is 39.6. The molecule has 0 aromatic carbocycles. The number of hydrogen-bond acceptors (Lipinski definition) is 5. The Morgan fingerprint density at radius 3 is 1.55 bits per heavy atom. The fraction of sp³-hybridized carbons (Fsp3) is 0.776. The summed E-state index contributed by atoms with van der Waals surface area (Å²) >= 11 is 0. The number of carbonyl (C=O) groups is 3. The van der Waals surface area contributed by atoms with Crippen LogP contribution in [-0.4, -0.2) is 41.6 Å². The number of nitrogens with one attached hydrogen (secondary N) is 1. The molecule has 0 bridgehead atoms. The Hall–Kier alpha value is -2.67. The molecule has 2 atom stereocenters. The first-order valence-electron chi connectivity index (χ1n) is 23.5. The van der Waals surface area contributed by atoms with Gasteiger partial charge in [0.1, 0.15) is 12.1 Å². The molecule has 0 aliphatic heterocycles. The lowest BCUT2D eigenvalue weighted by molar-refractivity contribution is -0.147. The number of rotatable bonds is 42. The summed E-state index contributed by atoms with van der Waals surface area (Å²) in [7, 11) is 0. The third-order valence-electron chi connectivity index (χ3n) is 10.4. The molecule has 0 spiro atoms. The van der Waals surface area contributed by atoms with Crippen molar-refractivity contribution in [1.82, 2.24) is 5.32 Å². The lowest BCUT2D eigenvalue weighted by Crippen LogP contribution is -2.40. The van der Waals surface area contributed by atoms with Crippen LogP contribution in [0.5, 0.6) is 0 Å². The fourth-order valence-electron chi connectivity index (χ4n) is 6.78. The van der Waals surface area contributed by atoms with Crippen LogP contribution in [0.3, 0.4) is 0 Å². The molecule has 324 valence electrons. The maximum Gasteiger partial charge on any atom is 0.326 e. The van der Waals surface area contributed by atoms with Gasteiger partial charge in [0.2, 0.25) is 5.91 Å². The molecule has 56 heavy (non-hydrogen) atoms. The molecular weight excluding hydrogens is 697 g/mol. The molecule has 0 saturated heterocycles. The van der Waals surface area contributed by atoms with Crippen LogP contribution < -0.4 is 11.1 Å². The van der Waals surface area contributed by atoms with Gasteiger partial charge in [0.15, 0.2) is 0 Å². The maximum atomic E-state index is 12.8. The van der Waals surface area contributed by atoms with Crippen LogP contribution in [-0.2, 0) is 19.1 Å². The van der Waals surface area contributed by atoms with Crippen molar-refractivity contribution in [3.8, 4) is 0 Å². The van der Waals surface area contributed by atoms with Crippen LogP contribution in [0.15, 0.2) is 48.6 Å². The summed E-state index contributed by atoms with van der Waals surface area (Å²) in [5.41, 5.74) is 5.48. The summed E-state index contributed by atoms with van der Waals surface area (Å²) in [6, 6.07) is -0.867. The third-order valence-corrected chi connectivity index (χ3v) is 10.4. The molecule has 1 amide bonds. The van der Waals surface area contributed by atoms with Crippen LogP contribution >= 0.6 is 0 Å². The highest BCUT2D eigenvalue weighted by Gasteiger charge is 2.18. The normalized spacial score (nSPS) is 13.1. The molecule has 0 aromatic rings. The first-order valence-corrected chi connectivity index (χ1v) is 23.5. The van der Waals surface area contributed by atoms with E-state index in [1.807, 2.05) is 0 Å². The highest BCUT2D eigenvalue weighted by atomic mass is 16.5. The van der Waals surface area contributed by atoms with Gasteiger partial charge in [0.05, 0.1) is 0 Å². The van der Waals surface area contributed by atoms with Gasteiger partial charge in [-0.25, -0.2) is 4.79 Å². The van der Waals surface area contributed by atoms with Gasteiger partial charge in [0, 0.05) is 12.8 Å². The van der Waals surface area contributed by atoms with Crippen molar-refractivity contribution >= 4 is 17.8 Å². The van der Waals surface area contributed by atoms with Gasteiger partial charge in [-0.2, -0.15) is 0 Å². The van der Waals surface area contributed by atoms with Gasteiger partial charge in [-0.15, -0.1) is 0 Å². The number of unbranched alkanes of at least 4 members (excludes halogenated alkanes) is 22. The Morgan fingerprint density at radius 1 is 0.536 bits per heavy atom. The summed E-state index contributed by atoms with van der Waals surface area (Å²) in [5.74, 6) is -1.32. The van der Waals surface area contributed by atoms with Gasteiger partial charge in [-0.1, -0.05) is 166 Å². The van der Waals surface area contributed by atoms with E-state index < -0.39 is 12.0 Å². The molecule has 0 radical (unpaired) electrons. The largest absolute Gasteiger partial charge is 0.480 e. The Balaban J connectivity index is 4.33. The fourth-order valence-corrected chi connectivity index (χ4v) is 6.78. The van der Waals surface area contributed by atoms with E-state index >= 15 is 0 Å². The number of carboxylic acid groups (broad SMARTS) is 1. The minimum absolute atomic E-state index is 0.0958. The lowest BCUT2D eigenvalue weighted by atomic mass is 10.0. The zero-order valence-electron chi connectivity index (χ0n) is 36.5. The molecule has 4 N–H and O–H groups in total. The quantitative estimate of drug-likeness (QED) is 0.0322. The van der Waals surface area contributed by atoms with Crippen LogP contribution in [0.1, 0.15) is 226 Å². The number of carboxylic acids is 1. The van der Waals surface area contributed by atoms with Crippen molar-refractivity contribution in [2.45, 2.75) is 238 Å². The topological polar surface area (TPSA) is 119 Å². The molecule has 0 rings (SSSR count). The number of nitrogens with two attached hydrogens (primary N) is 1. The van der Waals surface area contributed by atoms with Gasteiger partial charge >= 0.3 is 11.9 Å². The molecule has 2 unspecified atom stereocenters. The Labute approximate surface area is 345 Å². The molecular formula is C49H88N2O5. The number of esters is 1. The molecule has 7 nitrogen and oxygen atoms in total. The smallest absolute Gasteiger partial charge is 0.326 e. The first-order chi connectivity index (χ1) is 27.4.